The Morgan fingerprint density at radius 2 is 2.10 bits per heavy atom. The third kappa shape index (κ3) is 3.09. The second-order valence-electron chi connectivity index (χ2n) is 4.85. The first kappa shape index (κ1) is 15.1. The molecule has 8 nitrogen and oxygen atoms in total. The van der Waals surface area contributed by atoms with Gasteiger partial charge in [0.1, 0.15) is 18.7 Å². The molecule has 0 saturated heterocycles. The summed E-state index contributed by atoms with van der Waals surface area (Å²) in [6.45, 7) is 9.20. The van der Waals surface area contributed by atoms with Crippen LogP contribution in [0.3, 0.4) is 0 Å². The molecule has 0 aliphatic carbocycles. The molecule has 0 amide bonds. The fraction of sp³-hybridized carbons (Fsp3) is 0.615. The number of aromatic nitrogens is 6. The Hall–Kier alpha value is -2.25. The van der Waals surface area contributed by atoms with E-state index in [-0.39, 0.29) is 11.6 Å². The number of ether oxygens (including phenoxy) is 1. The van der Waals surface area contributed by atoms with Crippen LogP contribution in [0.4, 0.5) is 0 Å². The van der Waals surface area contributed by atoms with Crippen molar-refractivity contribution in [2.24, 2.45) is 0 Å². The molecule has 2 rings (SSSR count). The van der Waals surface area contributed by atoms with E-state index in [0.717, 1.165) is 18.1 Å². The topological polar surface area (TPSA) is 87.7 Å². The highest BCUT2D eigenvalue weighted by molar-refractivity contribution is 5.88. The van der Waals surface area contributed by atoms with Crippen LogP contribution >= 0.6 is 0 Å². The molecule has 0 atom stereocenters. The standard InChI is InChI=1S/C13H20N6O2/c1-5-18-10(14-8-15-18)7-19-12(9(3)4)11(16-17-19)13(20)21-6-2/h8-9H,5-7H2,1-4H3. The molecule has 0 saturated carbocycles. The average molecular weight is 292 g/mol. The molecule has 21 heavy (non-hydrogen) atoms. The summed E-state index contributed by atoms with van der Waals surface area (Å²) in [5.41, 5.74) is 1.02. The summed E-state index contributed by atoms with van der Waals surface area (Å²) in [5, 5.41) is 12.2. The minimum absolute atomic E-state index is 0.0948. The predicted octanol–water partition coefficient (Wildman–Crippen LogP) is 1.24. The van der Waals surface area contributed by atoms with E-state index in [1.807, 2.05) is 20.8 Å². The van der Waals surface area contributed by atoms with Crippen LogP contribution in [0.2, 0.25) is 0 Å². The fourth-order valence-corrected chi connectivity index (χ4v) is 2.16. The van der Waals surface area contributed by atoms with E-state index in [1.54, 1.807) is 16.3 Å². The number of rotatable bonds is 6. The van der Waals surface area contributed by atoms with E-state index < -0.39 is 5.97 Å². The maximum Gasteiger partial charge on any atom is 0.360 e. The van der Waals surface area contributed by atoms with Gasteiger partial charge in [-0.1, -0.05) is 19.1 Å². The van der Waals surface area contributed by atoms with Crippen LogP contribution in [-0.2, 0) is 17.8 Å². The molecular weight excluding hydrogens is 272 g/mol. The van der Waals surface area contributed by atoms with E-state index in [9.17, 15) is 4.79 Å². The summed E-state index contributed by atoms with van der Waals surface area (Å²) in [6, 6.07) is 0. The van der Waals surface area contributed by atoms with E-state index >= 15 is 0 Å². The van der Waals surface area contributed by atoms with Crippen LogP contribution < -0.4 is 0 Å². The first-order valence-corrected chi connectivity index (χ1v) is 7.05. The van der Waals surface area contributed by atoms with Gasteiger partial charge in [-0.15, -0.1) is 5.10 Å². The largest absolute Gasteiger partial charge is 0.461 e. The number of hydrogen-bond acceptors (Lipinski definition) is 6. The lowest BCUT2D eigenvalue weighted by Crippen LogP contribution is -2.15. The zero-order valence-corrected chi connectivity index (χ0v) is 12.8. The van der Waals surface area contributed by atoms with Crippen molar-refractivity contribution < 1.29 is 9.53 Å². The highest BCUT2D eigenvalue weighted by Crippen LogP contribution is 2.19. The molecule has 0 bridgehead atoms. The molecule has 2 aromatic heterocycles. The van der Waals surface area contributed by atoms with Gasteiger partial charge in [0.15, 0.2) is 5.69 Å². The van der Waals surface area contributed by atoms with Crippen molar-refractivity contribution >= 4 is 5.97 Å². The zero-order valence-electron chi connectivity index (χ0n) is 12.8. The molecule has 0 aliphatic heterocycles. The lowest BCUT2D eigenvalue weighted by atomic mass is 10.1. The first-order chi connectivity index (χ1) is 10.1. The van der Waals surface area contributed by atoms with Crippen molar-refractivity contribution in [1.29, 1.82) is 0 Å². The highest BCUT2D eigenvalue weighted by Gasteiger charge is 2.23. The smallest absolute Gasteiger partial charge is 0.360 e. The fourth-order valence-electron chi connectivity index (χ4n) is 2.16. The molecule has 0 spiro atoms. The molecule has 0 radical (unpaired) electrons. The van der Waals surface area contributed by atoms with E-state index in [1.165, 1.54) is 6.33 Å². The Bertz CT molecular complexity index is 616. The third-order valence-electron chi connectivity index (χ3n) is 3.08. The SMILES string of the molecule is CCOC(=O)c1nnn(Cc2ncnn2CC)c1C(C)C. The van der Waals surface area contributed by atoms with Crippen LogP contribution in [0, 0.1) is 0 Å². The molecule has 0 aromatic carbocycles. The number of esters is 1. The quantitative estimate of drug-likeness (QED) is 0.744. The van der Waals surface area contributed by atoms with Crippen LogP contribution in [0.25, 0.3) is 0 Å². The van der Waals surface area contributed by atoms with Crippen LogP contribution in [0.1, 0.15) is 55.6 Å². The van der Waals surface area contributed by atoms with Gasteiger partial charge in [0.2, 0.25) is 0 Å². The number of carbonyl (C=O) groups excluding carboxylic acids is 1. The maximum atomic E-state index is 11.9. The normalized spacial score (nSPS) is 11.1. The first-order valence-electron chi connectivity index (χ1n) is 7.05. The van der Waals surface area contributed by atoms with Gasteiger partial charge in [0.05, 0.1) is 12.3 Å². The summed E-state index contributed by atoms with van der Waals surface area (Å²) in [5.74, 6) is 0.432. The Morgan fingerprint density at radius 3 is 2.71 bits per heavy atom. The molecule has 8 heteroatoms. The van der Waals surface area contributed by atoms with E-state index in [0.29, 0.717) is 13.2 Å². The van der Waals surface area contributed by atoms with Crippen molar-refractivity contribution in [3.05, 3.63) is 23.5 Å². The molecule has 114 valence electrons. The Morgan fingerprint density at radius 1 is 1.33 bits per heavy atom. The lowest BCUT2D eigenvalue weighted by Gasteiger charge is -2.10. The summed E-state index contributed by atoms with van der Waals surface area (Å²) >= 11 is 0. The summed E-state index contributed by atoms with van der Waals surface area (Å²) in [7, 11) is 0. The Balaban J connectivity index is 2.34. The summed E-state index contributed by atoms with van der Waals surface area (Å²) < 4.78 is 8.50. The van der Waals surface area contributed by atoms with Crippen LogP contribution in [0.15, 0.2) is 6.33 Å². The number of nitrogens with zero attached hydrogens (tertiary/aromatic N) is 6. The zero-order chi connectivity index (χ0) is 15.4. The monoisotopic (exact) mass is 292 g/mol. The average Bonchev–Trinajstić information content (AvgIpc) is 3.05. The Labute approximate surface area is 123 Å². The van der Waals surface area contributed by atoms with Crippen LogP contribution in [0.5, 0.6) is 0 Å². The van der Waals surface area contributed by atoms with Gasteiger partial charge in [0.25, 0.3) is 0 Å². The number of aryl methyl sites for hydroxylation is 1. The summed E-state index contributed by atoms with van der Waals surface area (Å²) in [6.07, 6.45) is 1.51. The third-order valence-corrected chi connectivity index (χ3v) is 3.08. The second-order valence-corrected chi connectivity index (χ2v) is 4.85. The molecule has 0 N–H and O–H groups in total. The number of hydrogen-bond donors (Lipinski definition) is 0. The molecule has 0 aliphatic rings. The number of carbonyl (C=O) groups is 1. The minimum atomic E-state index is -0.440. The highest BCUT2D eigenvalue weighted by atomic mass is 16.5. The van der Waals surface area contributed by atoms with Gasteiger partial charge in [-0.2, -0.15) is 5.10 Å². The predicted molar refractivity (Wildman–Crippen MR) is 74.9 cm³/mol. The molecule has 2 aromatic rings. The molecular formula is C13H20N6O2. The van der Waals surface area contributed by atoms with E-state index in [2.05, 4.69) is 20.4 Å². The lowest BCUT2D eigenvalue weighted by molar-refractivity contribution is 0.0517. The molecule has 2 heterocycles. The minimum Gasteiger partial charge on any atom is -0.461 e. The van der Waals surface area contributed by atoms with Crippen molar-refractivity contribution in [2.75, 3.05) is 6.61 Å². The van der Waals surface area contributed by atoms with Crippen molar-refractivity contribution in [1.82, 2.24) is 29.8 Å². The Kier molecular flexibility index (Phi) is 4.66. The van der Waals surface area contributed by atoms with Gasteiger partial charge in [0, 0.05) is 6.54 Å². The van der Waals surface area contributed by atoms with Gasteiger partial charge < -0.3 is 4.74 Å². The van der Waals surface area contributed by atoms with Gasteiger partial charge in [-0.25, -0.2) is 19.1 Å². The van der Waals surface area contributed by atoms with E-state index in [4.69, 9.17) is 4.74 Å². The van der Waals surface area contributed by atoms with Crippen molar-refractivity contribution in [3.8, 4) is 0 Å². The van der Waals surface area contributed by atoms with Gasteiger partial charge in [-0.3, -0.25) is 0 Å². The van der Waals surface area contributed by atoms with Crippen LogP contribution in [-0.4, -0.2) is 42.3 Å². The molecule has 0 fully saturated rings. The summed E-state index contributed by atoms with van der Waals surface area (Å²) in [4.78, 5) is 16.2. The van der Waals surface area contributed by atoms with Gasteiger partial charge in [-0.05, 0) is 19.8 Å². The second kappa shape index (κ2) is 6.47. The van der Waals surface area contributed by atoms with Crippen molar-refractivity contribution in [3.63, 3.8) is 0 Å². The van der Waals surface area contributed by atoms with Crippen molar-refractivity contribution in [2.45, 2.75) is 46.7 Å². The molecule has 0 unspecified atom stereocenters. The maximum absolute atomic E-state index is 11.9. The van der Waals surface area contributed by atoms with Gasteiger partial charge >= 0.3 is 5.97 Å².